The first-order chi connectivity index (χ1) is 9.83. The second-order valence-corrected chi connectivity index (χ2v) is 8.21. The van der Waals surface area contributed by atoms with E-state index >= 15 is 0 Å². The van der Waals surface area contributed by atoms with Gasteiger partial charge in [-0.1, -0.05) is 28.1 Å². The standard InChI is InChI=1S/C16H22BrN3S/c1-16(2,3)19-10-14-9-18-15(21-14)20(4)11-12-6-5-7-13(17)8-12/h5-9,19H,10-11H2,1-4H3. The van der Waals surface area contributed by atoms with Crippen LogP contribution < -0.4 is 10.2 Å². The smallest absolute Gasteiger partial charge is 0.185 e. The van der Waals surface area contributed by atoms with Crippen LogP contribution in [0.4, 0.5) is 5.13 Å². The lowest BCUT2D eigenvalue weighted by Gasteiger charge is -2.19. The van der Waals surface area contributed by atoms with Gasteiger partial charge in [-0.3, -0.25) is 0 Å². The van der Waals surface area contributed by atoms with E-state index in [0.717, 1.165) is 22.7 Å². The quantitative estimate of drug-likeness (QED) is 0.846. The van der Waals surface area contributed by atoms with Crippen LogP contribution in [0, 0.1) is 0 Å². The van der Waals surface area contributed by atoms with E-state index < -0.39 is 0 Å². The lowest BCUT2D eigenvalue weighted by molar-refractivity contribution is 0.426. The summed E-state index contributed by atoms with van der Waals surface area (Å²) in [6.07, 6.45) is 1.97. The van der Waals surface area contributed by atoms with E-state index in [4.69, 9.17) is 0 Å². The number of rotatable bonds is 5. The Labute approximate surface area is 139 Å². The minimum Gasteiger partial charge on any atom is -0.347 e. The Morgan fingerprint density at radius 2 is 2.10 bits per heavy atom. The first-order valence-corrected chi connectivity index (χ1v) is 8.60. The molecule has 1 aromatic heterocycles. The maximum absolute atomic E-state index is 4.53. The van der Waals surface area contributed by atoms with Crippen LogP contribution in [-0.4, -0.2) is 17.6 Å². The van der Waals surface area contributed by atoms with Crippen LogP contribution in [0.25, 0.3) is 0 Å². The molecule has 114 valence electrons. The molecule has 0 unspecified atom stereocenters. The number of hydrogen-bond donors (Lipinski definition) is 1. The summed E-state index contributed by atoms with van der Waals surface area (Å²) in [5, 5.41) is 4.55. The summed E-state index contributed by atoms with van der Waals surface area (Å²) in [4.78, 5) is 7.98. The maximum atomic E-state index is 4.53. The zero-order chi connectivity index (χ0) is 15.5. The normalized spacial score (nSPS) is 11.7. The number of thiazole rings is 1. The summed E-state index contributed by atoms with van der Waals surface area (Å²) in [5.41, 5.74) is 1.41. The van der Waals surface area contributed by atoms with Gasteiger partial charge in [-0.2, -0.15) is 0 Å². The molecule has 0 spiro atoms. The summed E-state index contributed by atoms with van der Waals surface area (Å²) in [7, 11) is 2.08. The molecule has 0 aliphatic rings. The third-order valence-electron chi connectivity index (χ3n) is 2.97. The van der Waals surface area contributed by atoms with Gasteiger partial charge in [-0.05, 0) is 38.5 Å². The molecule has 1 heterocycles. The molecule has 0 radical (unpaired) electrons. The minimum atomic E-state index is 0.131. The number of nitrogens with one attached hydrogen (secondary N) is 1. The van der Waals surface area contributed by atoms with Gasteiger partial charge >= 0.3 is 0 Å². The van der Waals surface area contributed by atoms with Gasteiger partial charge in [0.2, 0.25) is 0 Å². The Morgan fingerprint density at radius 3 is 2.76 bits per heavy atom. The number of aromatic nitrogens is 1. The highest BCUT2D eigenvalue weighted by Crippen LogP contribution is 2.24. The molecule has 2 rings (SSSR count). The van der Waals surface area contributed by atoms with Crippen LogP contribution in [-0.2, 0) is 13.1 Å². The third kappa shape index (κ3) is 5.41. The van der Waals surface area contributed by atoms with Gasteiger partial charge in [0, 0.05) is 41.2 Å². The van der Waals surface area contributed by atoms with Crippen LogP contribution >= 0.6 is 27.3 Å². The van der Waals surface area contributed by atoms with Crippen molar-refractivity contribution in [1.82, 2.24) is 10.3 Å². The van der Waals surface area contributed by atoms with Crippen molar-refractivity contribution in [3.05, 3.63) is 45.4 Å². The number of benzene rings is 1. The van der Waals surface area contributed by atoms with E-state index in [-0.39, 0.29) is 5.54 Å². The summed E-state index contributed by atoms with van der Waals surface area (Å²) >= 11 is 5.26. The van der Waals surface area contributed by atoms with Gasteiger partial charge in [0.05, 0.1) is 0 Å². The predicted octanol–water partition coefficient (Wildman–Crippen LogP) is 4.43. The zero-order valence-corrected chi connectivity index (χ0v) is 15.4. The molecule has 1 aromatic carbocycles. The molecule has 5 heteroatoms. The number of hydrogen-bond acceptors (Lipinski definition) is 4. The third-order valence-corrected chi connectivity index (χ3v) is 4.57. The van der Waals surface area contributed by atoms with Crippen LogP contribution in [0.5, 0.6) is 0 Å². The van der Waals surface area contributed by atoms with Crippen molar-refractivity contribution in [1.29, 1.82) is 0 Å². The first-order valence-electron chi connectivity index (χ1n) is 6.99. The molecular weight excluding hydrogens is 346 g/mol. The van der Waals surface area contributed by atoms with E-state index in [9.17, 15) is 0 Å². The van der Waals surface area contributed by atoms with Crippen LogP contribution in [0.3, 0.4) is 0 Å². The molecular formula is C16H22BrN3S. The number of halogens is 1. The molecule has 0 aliphatic heterocycles. The predicted molar refractivity (Wildman–Crippen MR) is 95.0 cm³/mol. The zero-order valence-electron chi connectivity index (χ0n) is 13.0. The van der Waals surface area contributed by atoms with E-state index in [2.05, 4.69) is 77.1 Å². The van der Waals surface area contributed by atoms with Crippen molar-refractivity contribution in [3.63, 3.8) is 0 Å². The van der Waals surface area contributed by atoms with Gasteiger partial charge in [-0.25, -0.2) is 4.98 Å². The van der Waals surface area contributed by atoms with Crippen LogP contribution in [0.15, 0.2) is 34.9 Å². The van der Waals surface area contributed by atoms with Gasteiger partial charge in [-0.15, -0.1) is 11.3 Å². The second kappa shape index (κ2) is 6.90. The van der Waals surface area contributed by atoms with Crippen molar-refractivity contribution in [2.75, 3.05) is 11.9 Å². The Morgan fingerprint density at radius 1 is 1.33 bits per heavy atom. The summed E-state index contributed by atoms with van der Waals surface area (Å²) in [5.74, 6) is 0. The highest BCUT2D eigenvalue weighted by atomic mass is 79.9. The molecule has 0 bridgehead atoms. The molecule has 3 nitrogen and oxygen atoms in total. The maximum Gasteiger partial charge on any atom is 0.185 e. The Kier molecular flexibility index (Phi) is 5.41. The Balaban J connectivity index is 1.97. The van der Waals surface area contributed by atoms with Gasteiger partial charge in [0.25, 0.3) is 0 Å². The SMILES string of the molecule is CN(Cc1cccc(Br)c1)c1ncc(CNC(C)(C)C)s1. The monoisotopic (exact) mass is 367 g/mol. The van der Waals surface area contributed by atoms with E-state index in [0.29, 0.717) is 0 Å². The molecule has 0 aliphatic carbocycles. The molecule has 0 saturated carbocycles. The van der Waals surface area contributed by atoms with Crippen molar-refractivity contribution in [2.45, 2.75) is 39.4 Å². The number of anilines is 1. The van der Waals surface area contributed by atoms with Crippen molar-refractivity contribution in [2.24, 2.45) is 0 Å². The number of nitrogens with zero attached hydrogens (tertiary/aromatic N) is 2. The highest BCUT2D eigenvalue weighted by Gasteiger charge is 2.11. The summed E-state index contributed by atoms with van der Waals surface area (Å²) < 4.78 is 1.11. The molecule has 0 amide bonds. The van der Waals surface area contributed by atoms with Crippen molar-refractivity contribution < 1.29 is 0 Å². The Hall–Kier alpha value is -0.910. The average molecular weight is 368 g/mol. The lowest BCUT2D eigenvalue weighted by Crippen LogP contribution is -2.34. The van der Waals surface area contributed by atoms with Crippen LogP contribution in [0.2, 0.25) is 0 Å². The molecule has 1 N–H and O–H groups in total. The Bertz CT molecular complexity index is 589. The van der Waals surface area contributed by atoms with E-state index in [1.807, 2.05) is 12.3 Å². The summed E-state index contributed by atoms with van der Waals surface area (Å²) in [6, 6.07) is 8.39. The first kappa shape index (κ1) is 16.5. The fourth-order valence-electron chi connectivity index (χ4n) is 1.88. The molecule has 2 aromatic rings. The topological polar surface area (TPSA) is 28.2 Å². The van der Waals surface area contributed by atoms with E-state index in [1.165, 1.54) is 10.4 Å². The largest absolute Gasteiger partial charge is 0.347 e. The van der Waals surface area contributed by atoms with Gasteiger partial charge in [0.15, 0.2) is 5.13 Å². The fraction of sp³-hybridized carbons (Fsp3) is 0.438. The fourth-order valence-corrected chi connectivity index (χ4v) is 3.14. The van der Waals surface area contributed by atoms with Crippen LogP contribution in [0.1, 0.15) is 31.2 Å². The van der Waals surface area contributed by atoms with Gasteiger partial charge < -0.3 is 10.2 Å². The average Bonchev–Trinajstić information content (AvgIpc) is 2.84. The molecule has 0 saturated heterocycles. The highest BCUT2D eigenvalue weighted by molar-refractivity contribution is 9.10. The molecule has 21 heavy (non-hydrogen) atoms. The molecule has 0 atom stereocenters. The molecule has 0 fully saturated rings. The summed E-state index contributed by atoms with van der Waals surface area (Å²) in [6.45, 7) is 8.25. The van der Waals surface area contributed by atoms with Crippen molar-refractivity contribution >= 4 is 32.4 Å². The lowest BCUT2D eigenvalue weighted by atomic mass is 10.1. The van der Waals surface area contributed by atoms with Gasteiger partial charge in [0.1, 0.15) is 0 Å². The minimum absolute atomic E-state index is 0.131. The second-order valence-electron chi connectivity index (χ2n) is 6.20. The van der Waals surface area contributed by atoms with E-state index in [1.54, 1.807) is 11.3 Å². The van der Waals surface area contributed by atoms with Crippen molar-refractivity contribution in [3.8, 4) is 0 Å².